The number of nitrogens with zero attached hydrogens (tertiary/aromatic N) is 3. The van der Waals surface area contributed by atoms with E-state index >= 15 is 0 Å². The minimum atomic E-state index is 0.0122. The van der Waals surface area contributed by atoms with Crippen molar-refractivity contribution in [1.29, 1.82) is 0 Å². The van der Waals surface area contributed by atoms with Gasteiger partial charge in [0.15, 0.2) is 0 Å². The second-order valence-electron chi connectivity index (χ2n) is 5.98. The summed E-state index contributed by atoms with van der Waals surface area (Å²) < 4.78 is 0. The molecule has 1 saturated carbocycles. The van der Waals surface area contributed by atoms with E-state index in [0.29, 0.717) is 11.6 Å². The van der Waals surface area contributed by atoms with Gasteiger partial charge in [0.05, 0.1) is 0 Å². The highest BCUT2D eigenvalue weighted by Crippen LogP contribution is 2.29. The molecule has 1 aromatic heterocycles. The van der Waals surface area contributed by atoms with Gasteiger partial charge in [-0.1, -0.05) is 0 Å². The topological polar surface area (TPSA) is 48.5 Å². The second-order valence-corrected chi connectivity index (χ2v) is 5.98. The summed E-state index contributed by atoms with van der Waals surface area (Å²) in [7, 11) is 3.85. The van der Waals surface area contributed by atoms with E-state index in [0.717, 1.165) is 31.4 Å². The Hall–Kier alpha value is -1.62. The molecule has 1 saturated heterocycles. The highest BCUT2D eigenvalue weighted by atomic mass is 16.1. The molecule has 3 rings (SSSR count). The summed E-state index contributed by atoms with van der Waals surface area (Å²) in [5, 5.41) is 3.15. The van der Waals surface area contributed by atoms with Crippen LogP contribution in [-0.4, -0.2) is 55.1 Å². The Morgan fingerprint density at radius 1 is 1.40 bits per heavy atom. The van der Waals surface area contributed by atoms with E-state index in [1.165, 1.54) is 12.8 Å². The van der Waals surface area contributed by atoms with E-state index < -0.39 is 0 Å². The monoisotopic (exact) mass is 274 g/mol. The summed E-state index contributed by atoms with van der Waals surface area (Å²) in [6.07, 6.45) is 5.41. The Morgan fingerprint density at radius 2 is 2.20 bits per heavy atom. The summed E-state index contributed by atoms with van der Waals surface area (Å²) in [5.74, 6) is 0.821. The maximum Gasteiger partial charge on any atom is 0.251 e. The van der Waals surface area contributed by atoms with E-state index in [4.69, 9.17) is 0 Å². The van der Waals surface area contributed by atoms with Crippen molar-refractivity contribution in [1.82, 2.24) is 15.2 Å². The molecule has 1 aliphatic heterocycles. The van der Waals surface area contributed by atoms with Crippen molar-refractivity contribution >= 4 is 11.7 Å². The lowest BCUT2D eigenvalue weighted by Crippen LogP contribution is -2.37. The molecule has 1 atom stereocenters. The zero-order valence-electron chi connectivity index (χ0n) is 12.2. The number of anilines is 1. The van der Waals surface area contributed by atoms with Crippen molar-refractivity contribution in [3.8, 4) is 0 Å². The molecule has 1 aliphatic carbocycles. The minimum absolute atomic E-state index is 0.0122. The van der Waals surface area contributed by atoms with E-state index in [9.17, 15) is 4.79 Å². The Kier molecular flexibility index (Phi) is 3.61. The lowest BCUT2D eigenvalue weighted by Gasteiger charge is -2.16. The largest absolute Gasteiger partial charge is 0.363 e. The third kappa shape index (κ3) is 2.93. The van der Waals surface area contributed by atoms with Gasteiger partial charge < -0.3 is 10.2 Å². The van der Waals surface area contributed by atoms with Crippen molar-refractivity contribution in [2.24, 2.45) is 0 Å². The van der Waals surface area contributed by atoms with Crippen molar-refractivity contribution in [3.63, 3.8) is 0 Å². The van der Waals surface area contributed by atoms with Crippen LogP contribution >= 0.6 is 0 Å². The van der Waals surface area contributed by atoms with Crippen LogP contribution in [0, 0.1) is 0 Å². The first-order valence-corrected chi connectivity index (χ1v) is 7.32. The molecule has 0 unspecified atom stereocenters. The van der Waals surface area contributed by atoms with Crippen molar-refractivity contribution in [2.45, 2.75) is 31.3 Å². The SMILES string of the molecule is CN(C)c1cc(C(=O)N[C@@H]2CCN(C3CC3)C2)ccn1. The molecule has 0 spiro atoms. The molecule has 5 heteroatoms. The predicted molar refractivity (Wildman–Crippen MR) is 79.0 cm³/mol. The average Bonchev–Trinajstić information content (AvgIpc) is 3.20. The smallest absolute Gasteiger partial charge is 0.251 e. The fourth-order valence-electron chi connectivity index (χ4n) is 2.75. The molecule has 1 amide bonds. The molecule has 2 aliphatic rings. The Bertz CT molecular complexity index is 498. The van der Waals surface area contributed by atoms with Crippen LogP contribution < -0.4 is 10.2 Å². The maximum absolute atomic E-state index is 12.3. The molecule has 108 valence electrons. The first-order valence-electron chi connectivity index (χ1n) is 7.32. The molecule has 0 aromatic carbocycles. The number of aromatic nitrogens is 1. The number of rotatable bonds is 4. The summed E-state index contributed by atoms with van der Waals surface area (Å²) >= 11 is 0. The fraction of sp³-hybridized carbons (Fsp3) is 0.600. The lowest BCUT2D eigenvalue weighted by molar-refractivity contribution is 0.0937. The van der Waals surface area contributed by atoms with Crippen LogP contribution in [0.2, 0.25) is 0 Å². The molecule has 0 bridgehead atoms. The number of nitrogens with one attached hydrogen (secondary N) is 1. The van der Waals surface area contributed by atoms with Gasteiger partial charge in [-0.2, -0.15) is 0 Å². The zero-order valence-corrected chi connectivity index (χ0v) is 12.2. The lowest BCUT2D eigenvalue weighted by atomic mass is 10.2. The van der Waals surface area contributed by atoms with E-state index in [1.54, 1.807) is 12.3 Å². The fourth-order valence-corrected chi connectivity index (χ4v) is 2.75. The van der Waals surface area contributed by atoms with Crippen molar-refractivity contribution < 1.29 is 4.79 Å². The molecule has 20 heavy (non-hydrogen) atoms. The van der Waals surface area contributed by atoms with E-state index in [1.807, 2.05) is 25.1 Å². The van der Waals surface area contributed by atoms with Crippen LogP contribution in [0.1, 0.15) is 29.6 Å². The van der Waals surface area contributed by atoms with Crippen LogP contribution in [-0.2, 0) is 0 Å². The summed E-state index contributed by atoms with van der Waals surface area (Å²) in [4.78, 5) is 20.9. The van der Waals surface area contributed by atoms with Crippen molar-refractivity contribution in [3.05, 3.63) is 23.9 Å². The number of pyridine rings is 1. The molecule has 1 N–H and O–H groups in total. The number of carbonyl (C=O) groups excluding carboxylic acids is 1. The highest BCUT2D eigenvalue weighted by Gasteiger charge is 2.34. The van der Waals surface area contributed by atoms with Gasteiger partial charge >= 0.3 is 0 Å². The molecular formula is C15H22N4O. The van der Waals surface area contributed by atoms with Crippen LogP contribution in [0.3, 0.4) is 0 Å². The van der Waals surface area contributed by atoms with Crippen LogP contribution in [0.15, 0.2) is 18.3 Å². The van der Waals surface area contributed by atoms with Crippen LogP contribution in [0.4, 0.5) is 5.82 Å². The van der Waals surface area contributed by atoms with E-state index in [-0.39, 0.29) is 5.91 Å². The summed E-state index contributed by atoms with van der Waals surface area (Å²) in [6.45, 7) is 2.12. The number of hydrogen-bond acceptors (Lipinski definition) is 4. The molecule has 5 nitrogen and oxygen atoms in total. The number of amides is 1. The maximum atomic E-state index is 12.3. The Labute approximate surface area is 120 Å². The van der Waals surface area contributed by atoms with Gasteiger partial charge in [-0.15, -0.1) is 0 Å². The number of hydrogen-bond donors (Lipinski definition) is 1. The third-order valence-corrected chi connectivity index (χ3v) is 4.08. The highest BCUT2D eigenvalue weighted by molar-refractivity contribution is 5.95. The molecular weight excluding hydrogens is 252 g/mol. The van der Waals surface area contributed by atoms with Gasteiger partial charge in [-0.25, -0.2) is 4.98 Å². The first-order chi connectivity index (χ1) is 9.63. The molecule has 2 heterocycles. The Morgan fingerprint density at radius 3 is 2.90 bits per heavy atom. The minimum Gasteiger partial charge on any atom is -0.363 e. The second kappa shape index (κ2) is 5.40. The molecule has 1 aromatic rings. The number of likely N-dealkylation sites (tertiary alicyclic amines) is 1. The van der Waals surface area contributed by atoms with E-state index in [2.05, 4.69) is 15.2 Å². The quantitative estimate of drug-likeness (QED) is 0.893. The van der Waals surface area contributed by atoms with Crippen molar-refractivity contribution in [2.75, 3.05) is 32.1 Å². The van der Waals surface area contributed by atoms with Gasteiger partial charge in [-0.3, -0.25) is 9.69 Å². The molecule has 0 radical (unpaired) electrons. The normalized spacial score (nSPS) is 22.8. The van der Waals surface area contributed by atoms with Crippen LogP contribution in [0.25, 0.3) is 0 Å². The standard InChI is InChI=1S/C15H22N4O/c1-18(2)14-9-11(5-7-16-14)15(20)17-12-6-8-19(10-12)13-3-4-13/h5,7,9,12-13H,3-4,6,8,10H2,1-2H3,(H,17,20)/t12-/m1/s1. The zero-order chi connectivity index (χ0) is 14.1. The summed E-state index contributed by atoms with van der Waals surface area (Å²) in [5.41, 5.74) is 0.688. The Balaban J connectivity index is 1.60. The van der Waals surface area contributed by atoms with Gasteiger partial charge in [0.1, 0.15) is 5.82 Å². The van der Waals surface area contributed by atoms with Gasteiger partial charge in [-0.05, 0) is 31.4 Å². The van der Waals surface area contributed by atoms with Crippen LogP contribution in [0.5, 0.6) is 0 Å². The van der Waals surface area contributed by atoms with Gasteiger partial charge in [0.2, 0.25) is 0 Å². The number of carbonyl (C=O) groups is 1. The van der Waals surface area contributed by atoms with Gasteiger partial charge in [0, 0.05) is 51.0 Å². The van der Waals surface area contributed by atoms with Gasteiger partial charge in [0.25, 0.3) is 5.91 Å². The first kappa shape index (κ1) is 13.4. The average molecular weight is 274 g/mol. The molecule has 2 fully saturated rings. The predicted octanol–water partition coefficient (Wildman–Crippen LogP) is 1.11. The summed E-state index contributed by atoms with van der Waals surface area (Å²) in [6, 6.07) is 4.69. The third-order valence-electron chi connectivity index (χ3n) is 4.08.